The standard InChI is InChI=1S/C24H30N4O4S/c1-18(2)23(26-33(30,31)22-11-9-21(32-3)10-12-22)24(29)28-14-4-13-27(15-16-28)20-7-5-19(17-25)6-8-20/h5-12,18,23,26H,4,13-16H2,1-3H3/t23-/m0/s1. The Morgan fingerprint density at radius 2 is 1.70 bits per heavy atom. The average molecular weight is 471 g/mol. The Bertz CT molecular complexity index is 1090. The zero-order valence-corrected chi connectivity index (χ0v) is 20.0. The minimum absolute atomic E-state index is 0.0876. The molecule has 1 aliphatic heterocycles. The molecule has 0 unspecified atom stereocenters. The zero-order valence-electron chi connectivity index (χ0n) is 19.2. The Labute approximate surface area is 195 Å². The number of hydrogen-bond acceptors (Lipinski definition) is 6. The van der Waals surface area contributed by atoms with Gasteiger partial charge in [0.2, 0.25) is 15.9 Å². The van der Waals surface area contributed by atoms with Gasteiger partial charge in [-0.1, -0.05) is 13.8 Å². The van der Waals surface area contributed by atoms with Crippen LogP contribution in [-0.4, -0.2) is 58.6 Å². The van der Waals surface area contributed by atoms with E-state index in [1.54, 1.807) is 29.2 Å². The van der Waals surface area contributed by atoms with Crippen LogP contribution in [0.3, 0.4) is 0 Å². The molecule has 1 amide bonds. The van der Waals surface area contributed by atoms with E-state index in [-0.39, 0.29) is 16.7 Å². The summed E-state index contributed by atoms with van der Waals surface area (Å²) in [5.74, 6) is 0.119. The number of nitrogens with zero attached hydrogens (tertiary/aromatic N) is 3. The number of benzene rings is 2. The quantitative estimate of drug-likeness (QED) is 0.667. The third-order valence-corrected chi connectivity index (χ3v) is 7.21. The van der Waals surface area contributed by atoms with Crippen molar-refractivity contribution in [2.45, 2.75) is 31.2 Å². The van der Waals surface area contributed by atoms with E-state index in [4.69, 9.17) is 10.00 Å². The van der Waals surface area contributed by atoms with Crippen molar-refractivity contribution in [3.8, 4) is 11.8 Å². The fourth-order valence-electron chi connectivity index (χ4n) is 3.80. The summed E-state index contributed by atoms with van der Waals surface area (Å²) in [7, 11) is -2.36. The number of ether oxygens (including phenoxy) is 1. The van der Waals surface area contributed by atoms with Gasteiger partial charge in [-0.15, -0.1) is 0 Å². The lowest BCUT2D eigenvalue weighted by Crippen LogP contribution is -2.51. The summed E-state index contributed by atoms with van der Waals surface area (Å²) in [6.07, 6.45) is 0.766. The molecule has 0 bridgehead atoms. The molecule has 33 heavy (non-hydrogen) atoms. The smallest absolute Gasteiger partial charge is 0.241 e. The maximum Gasteiger partial charge on any atom is 0.241 e. The van der Waals surface area contributed by atoms with Gasteiger partial charge < -0.3 is 14.5 Å². The molecule has 1 N–H and O–H groups in total. The van der Waals surface area contributed by atoms with Gasteiger partial charge in [0.25, 0.3) is 0 Å². The molecule has 2 aromatic rings. The van der Waals surface area contributed by atoms with E-state index in [9.17, 15) is 13.2 Å². The maximum atomic E-state index is 13.4. The molecule has 1 saturated heterocycles. The number of carbonyl (C=O) groups excluding carboxylic acids is 1. The Morgan fingerprint density at radius 1 is 1.03 bits per heavy atom. The molecule has 0 aliphatic carbocycles. The number of amides is 1. The number of hydrogen-bond donors (Lipinski definition) is 1. The number of anilines is 1. The summed E-state index contributed by atoms with van der Waals surface area (Å²) < 4.78 is 33.6. The van der Waals surface area contributed by atoms with Crippen molar-refractivity contribution in [2.75, 3.05) is 38.2 Å². The van der Waals surface area contributed by atoms with Gasteiger partial charge in [-0.3, -0.25) is 4.79 Å². The molecular weight excluding hydrogens is 440 g/mol. The predicted molar refractivity (Wildman–Crippen MR) is 127 cm³/mol. The van der Waals surface area contributed by atoms with Crippen molar-refractivity contribution in [3.05, 3.63) is 54.1 Å². The van der Waals surface area contributed by atoms with Gasteiger partial charge in [-0.25, -0.2) is 8.42 Å². The summed E-state index contributed by atoms with van der Waals surface area (Å²) in [4.78, 5) is 17.4. The lowest BCUT2D eigenvalue weighted by molar-refractivity contribution is -0.133. The topological polar surface area (TPSA) is 103 Å². The van der Waals surface area contributed by atoms with Crippen molar-refractivity contribution >= 4 is 21.6 Å². The SMILES string of the molecule is COc1ccc(S(=O)(=O)N[C@H](C(=O)N2CCCN(c3ccc(C#N)cc3)CC2)C(C)C)cc1. The monoisotopic (exact) mass is 470 g/mol. The fourth-order valence-corrected chi connectivity index (χ4v) is 5.14. The minimum atomic E-state index is -3.87. The highest BCUT2D eigenvalue weighted by Crippen LogP contribution is 2.20. The Hall–Kier alpha value is -3.09. The summed E-state index contributed by atoms with van der Waals surface area (Å²) in [5, 5.41) is 8.99. The number of rotatable bonds is 7. The number of methoxy groups -OCH3 is 1. The van der Waals surface area contributed by atoms with E-state index in [2.05, 4.69) is 15.7 Å². The van der Waals surface area contributed by atoms with Crippen molar-refractivity contribution in [3.63, 3.8) is 0 Å². The summed E-state index contributed by atoms with van der Waals surface area (Å²) in [5.41, 5.74) is 1.61. The second-order valence-electron chi connectivity index (χ2n) is 8.34. The van der Waals surface area contributed by atoms with Crippen LogP contribution in [0.25, 0.3) is 0 Å². The third kappa shape index (κ3) is 6.03. The van der Waals surface area contributed by atoms with E-state index >= 15 is 0 Å². The summed E-state index contributed by atoms with van der Waals surface area (Å²) >= 11 is 0. The van der Waals surface area contributed by atoms with Crippen LogP contribution in [0.1, 0.15) is 25.8 Å². The molecule has 3 rings (SSSR count). The highest BCUT2D eigenvalue weighted by Gasteiger charge is 2.32. The van der Waals surface area contributed by atoms with Crippen LogP contribution in [0.15, 0.2) is 53.4 Å². The first-order valence-electron chi connectivity index (χ1n) is 11.0. The Kier molecular flexibility index (Phi) is 7.95. The number of nitriles is 1. The molecular formula is C24H30N4O4S. The highest BCUT2D eigenvalue weighted by molar-refractivity contribution is 7.89. The van der Waals surface area contributed by atoms with E-state index < -0.39 is 16.1 Å². The van der Waals surface area contributed by atoms with Crippen molar-refractivity contribution < 1.29 is 17.9 Å². The van der Waals surface area contributed by atoms with Gasteiger partial charge in [0.15, 0.2) is 0 Å². The summed E-state index contributed by atoms with van der Waals surface area (Å²) in [6.45, 7) is 6.12. The lowest BCUT2D eigenvalue weighted by Gasteiger charge is -2.29. The molecule has 1 fully saturated rings. The van der Waals surface area contributed by atoms with E-state index in [0.29, 0.717) is 30.9 Å². The zero-order chi connectivity index (χ0) is 24.0. The molecule has 0 saturated carbocycles. The largest absolute Gasteiger partial charge is 0.497 e. The van der Waals surface area contributed by atoms with Crippen LogP contribution in [0, 0.1) is 17.2 Å². The van der Waals surface area contributed by atoms with E-state index in [1.165, 1.54) is 19.2 Å². The number of sulfonamides is 1. The molecule has 1 aliphatic rings. The second-order valence-corrected chi connectivity index (χ2v) is 10.1. The molecule has 1 atom stereocenters. The van der Waals surface area contributed by atoms with Gasteiger partial charge in [-0.05, 0) is 60.9 Å². The number of carbonyl (C=O) groups is 1. The summed E-state index contributed by atoms with van der Waals surface area (Å²) in [6, 6.07) is 14.7. The first-order valence-corrected chi connectivity index (χ1v) is 12.4. The van der Waals surface area contributed by atoms with Gasteiger partial charge in [-0.2, -0.15) is 9.98 Å². The van der Waals surface area contributed by atoms with Gasteiger partial charge in [0.1, 0.15) is 11.8 Å². The Morgan fingerprint density at radius 3 is 2.27 bits per heavy atom. The predicted octanol–water partition coefficient (Wildman–Crippen LogP) is 2.61. The minimum Gasteiger partial charge on any atom is -0.497 e. The van der Waals surface area contributed by atoms with Crippen molar-refractivity contribution in [2.24, 2.45) is 5.92 Å². The fraction of sp³-hybridized carbons (Fsp3) is 0.417. The van der Waals surface area contributed by atoms with Gasteiger partial charge in [0, 0.05) is 31.9 Å². The third-order valence-electron chi connectivity index (χ3n) is 5.75. The molecule has 8 nitrogen and oxygen atoms in total. The molecule has 176 valence electrons. The molecule has 1 heterocycles. The molecule has 9 heteroatoms. The van der Waals surface area contributed by atoms with Gasteiger partial charge >= 0.3 is 0 Å². The first kappa shape index (κ1) is 24.6. The maximum absolute atomic E-state index is 13.4. The van der Waals surface area contributed by atoms with Crippen molar-refractivity contribution in [1.29, 1.82) is 5.26 Å². The van der Waals surface area contributed by atoms with Crippen LogP contribution in [0.2, 0.25) is 0 Å². The molecule has 0 radical (unpaired) electrons. The first-order chi connectivity index (χ1) is 15.7. The van der Waals surface area contributed by atoms with E-state index in [1.807, 2.05) is 26.0 Å². The molecule has 2 aromatic carbocycles. The van der Waals surface area contributed by atoms with Crippen LogP contribution in [0.4, 0.5) is 5.69 Å². The van der Waals surface area contributed by atoms with E-state index in [0.717, 1.165) is 18.7 Å². The normalized spacial score (nSPS) is 15.6. The molecule has 0 spiro atoms. The van der Waals surface area contributed by atoms with Crippen LogP contribution in [-0.2, 0) is 14.8 Å². The number of nitrogens with one attached hydrogen (secondary N) is 1. The highest BCUT2D eigenvalue weighted by atomic mass is 32.2. The van der Waals surface area contributed by atoms with Crippen LogP contribution < -0.4 is 14.4 Å². The van der Waals surface area contributed by atoms with Crippen molar-refractivity contribution in [1.82, 2.24) is 9.62 Å². The average Bonchev–Trinajstić information content (AvgIpc) is 3.08. The Balaban J connectivity index is 1.70. The second kappa shape index (κ2) is 10.7. The van der Waals surface area contributed by atoms with Crippen LogP contribution in [0.5, 0.6) is 5.75 Å². The lowest BCUT2D eigenvalue weighted by atomic mass is 10.0. The molecule has 0 aromatic heterocycles. The van der Waals surface area contributed by atoms with Crippen LogP contribution >= 0.6 is 0 Å². The van der Waals surface area contributed by atoms with Gasteiger partial charge in [0.05, 0.1) is 23.6 Å².